The number of sulfonamides is 1. The van der Waals surface area contributed by atoms with Crippen LogP contribution in [0.15, 0.2) is 70.1 Å². The van der Waals surface area contributed by atoms with Crippen molar-refractivity contribution in [2.45, 2.75) is 18.2 Å². The second-order valence-corrected chi connectivity index (χ2v) is 7.17. The number of rotatable bonds is 6. The molecule has 0 atom stereocenters. The Bertz CT molecular complexity index is 901. The maximum absolute atomic E-state index is 12.3. The van der Waals surface area contributed by atoms with Crippen LogP contribution in [-0.4, -0.2) is 19.9 Å². The molecule has 3 aromatic rings. The van der Waals surface area contributed by atoms with Gasteiger partial charge in [0.15, 0.2) is 11.7 Å². The molecule has 0 saturated carbocycles. The van der Waals surface area contributed by atoms with Gasteiger partial charge in [-0.25, -0.2) is 18.1 Å². The molecule has 0 unspecified atom stereocenters. The SMILES string of the molecule is Cc1ncc(-c2ccc(S(=O)(=O)NCCc3ccccc3)cc2)o1. The molecule has 24 heavy (non-hydrogen) atoms. The number of nitrogens with zero attached hydrogens (tertiary/aromatic N) is 1. The van der Waals surface area contributed by atoms with E-state index in [1.54, 1.807) is 37.4 Å². The zero-order valence-corrected chi connectivity index (χ0v) is 14.1. The first-order chi connectivity index (χ1) is 11.5. The molecule has 3 rings (SSSR count). The minimum Gasteiger partial charge on any atom is -0.441 e. The molecule has 0 fully saturated rings. The van der Waals surface area contributed by atoms with E-state index in [1.807, 2.05) is 30.3 Å². The second kappa shape index (κ2) is 6.98. The normalized spacial score (nSPS) is 11.5. The molecule has 2 aromatic carbocycles. The fraction of sp³-hybridized carbons (Fsp3) is 0.167. The fourth-order valence-corrected chi connectivity index (χ4v) is 3.38. The van der Waals surface area contributed by atoms with Crippen LogP contribution >= 0.6 is 0 Å². The van der Waals surface area contributed by atoms with E-state index in [0.717, 1.165) is 11.1 Å². The number of hydrogen-bond donors (Lipinski definition) is 1. The predicted octanol–water partition coefficient (Wildman–Crippen LogP) is 3.17. The van der Waals surface area contributed by atoms with Crippen molar-refractivity contribution in [2.24, 2.45) is 0 Å². The molecule has 0 aliphatic heterocycles. The van der Waals surface area contributed by atoms with Gasteiger partial charge in [0.1, 0.15) is 0 Å². The molecule has 0 spiro atoms. The van der Waals surface area contributed by atoms with E-state index in [9.17, 15) is 8.42 Å². The van der Waals surface area contributed by atoms with Crippen molar-refractivity contribution in [2.75, 3.05) is 6.54 Å². The van der Waals surface area contributed by atoms with E-state index in [2.05, 4.69) is 9.71 Å². The molecule has 124 valence electrons. The first-order valence-electron chi connectivity index (χ1n) is 7.61. The molecule has 0 aliphatic carbocycles. The summed E-state index contributed by atoms with van der Waals surface area (Å²) in [5.74, 6) is 1.19. The van der Waals surface area contributed by atoms with Crippen LogP contribution in [-0.2, 0) is 16.4 Å². The highest BCUT2D eigenvalue weighted by molar-refractivity contribution is 7.89. The summed E-state index contributed by atoms with van der Waals surface area (Å²) in [4.78, 5) is 4.27. The number of nitrogens with one attached hydrogen (secondary N) is 1. The van der Waals surface area contributed by atoms with Gasteiger partial charge >= 0.3 is 0 Å². The van der Waals surface area contributed by atoms with E-state index in [4.69, 9.17) is 4.42 Å². The van der Waals surface area contributed by atoms with Crippen LogP contribution in [0.1, 0.15) is 11.5 Å². The Hall–Kier alpha value is -2.44. The molecular weight excluding hydrogens is 324 g/mol. The summed E-state index contributed by atoms with van der Waals surface area (Å²) >= 11 is 0. The molecular formula is C18H18N2O3S. The van der Waals surface area contributed by atoms with Gasteiger partial charge in [0.2, 0.25) is 10.0 Å². The van der Waals surface area contributed by atoms with Crippen LogP contribution in [0.5, 0.6) is 0 Å². The lowest BCUT2D eigenvalue weighted by Crippen LogP contribution is -2.25. The molecule has 1 N–H and O–H groups in total. The van der Waals surface area contributed by atoms with Crippen molar-refractivity contribution in [3.05, 3.63) is 72.2 Å². The number of oxazole rings is 1. The lowest BCUT2D eigenvalue weighted by atomic mass is 10.2. The smallest absolute Gasteiger partial charge is 0.240 e. The first-order valence-corrected chi connectivity index (χ1v) is 9.09. The summed E-state index contributed by atoms with van der Waals surface area (Å²) < 4.78 is 32.7. The van der Waals surface area contributed by atoms with Gasteiger partial charge in [-0.3, -0.25) is 0 Å². The van der Waals surface area contributed by atoms with Crippen LogP contribution in [0, 0.1) is 6.92 Å². The Labute approximate surface area is 141 Å². The highest BCUT2D eigenvalue weighted by atomic mass is 32.2. The molecule has 0 amide bonds. The van der Waals surface area contributed by atoms with Gasteiger partial charge in [-0.1, -0.05) is 30.3 Å². The van der Waals surface area contributed by atoms with Crippen LogP contribution in [0.25, 0.3) is 11.3 Å². The monoisotopic (exact) mass is 342 g/mol. The van der Waals surface area contributed by atoms with Crippen molar-refractivity contribution in [3.63, 3.8) is 0 Å². The number of benzene rings is 2. The predicted molar refractivity (Wildman–Crippen MR) is 92.0 cm³/mol. The van der Waals surface area contributed by atoms with Crippen molar-refractivity contribution < 1.29 is 12.8 Å². The first kappa shape index (κ1) is 16.4. The summed E-state index contributed by atoms with van der Waals surface area (Å²) in [5.41, 5.74) is 1.88. The highest BCUT2D eigenvalue weighted by Gasteiger charge is 2.14. The Morgan fingerprint density at radius 2 is 1.75 bits per heavy atom. The van der Waals surface area contributed by atoms with Gasteiger partial charge < -0.3 is 4.42 Å². The van der Waals surface area contributed by atoms with Gasteiger partial charge in [0.25, 0.3) is 0 Å². The molecule has 0 saturated heterocycles. The summed E-state index contributed by atoms with van der Waals surface area (Å²) in [7, 11) is -3.52. The molecule has 6 heteroatoms. The van der Waals surface area contributed by atoms with E-state index >= 15 is 0 Å². The highest BCUT2D eigenvalue weighted by Crippen LogP contribution is 2.21. The zero-order chi connectivity index (χ0) is 17.0. The van der Waals surface area contributed by atoms with Gasteiger partial charge in [0, 0.05) is 19.0 Å². The molecule has 1 aromatic heterocycles. The molecule has 0 radical (unpaired) electrons. The Morgan fingerprint density at radius 1 is 1.04 bits per heavy atom. The average molecular weight is 342 g/mol. The molecule has 1 heterocycles. The van der Waals surface area contributed by atoms with Crippen molar-refractivity contribution in [1.82, 2.24) is 9.71 Å². The summed E-state index contributed by atoms with van der Waals surface area (Å²) in [6.07, 6.45) is 2.27. The fourth-order valence-electron chi connectivity index (χ4n) is 2.35. The summed E-state index contributed by atoms with van der Waals surface area (Å²) in [6.45, 7) is 2.12. The van der Waals surface area contributed by atoms with Crippen LogP contribution < -0.4 is 4.72 Å². The average Bonchev–Trinajstić information content (AvgIpc) is 3.02. The summed E-state index contributed by atoms with van der Waals surface area (Å²) in [6, 6.07) is 16.3. The third-order valence-corrected chi connectivity index (χ3v) is 5.10. The largest absolute Gasteiger partial charge is 0.441 e. The van der Waals surface area contributed by atoms with Crippen molar-refractivity contribution >= 4 is 10.0 Å². The lowest BCUT2D eigenvalue weighted by Gasteiger charge is -2.07. The third kappa shape index (κ3) is 3.90. The van der Waals surface area contributed by atoms with E-state index in [1.165, 1.54) is 0 Å². The third-order valence-electron chi connectivity index (χ3n) is 3.62. The Kier molecular flexibility index (Phi) is 4.78. The Balaban J connectivity index is 1.66. The molecule has 5 nitrogen and oxygen atoms in total. The summed E-state index contributed by atoms with van der Waals surface area (Å²) in [5, 5.41) is 0. The maximum Gasteiger partial charge on any atom is 0.240 e. The minimum absolute atomic E-state index is 0.232. The van der Waals surface area contributed by atoms with Gasteiger partial charge in [-0.2, -0.15) is 0 Å². The van der Waals surface area contributed by atoms with E-state index in [0.29, 0.717) is 24.6 Å². The van der Waals surface area contributed by atoms with Gasteiger partial charge in [-0.05, 0) is 36.2 Å². The minimum atomic E-state index is -3.52. The lowest BCUT2D eigenvalue weighted by molar-refractivity contribution is 0.534. The van der Waals surface area contributed by atoms with Crippen LogP contribution in [0.2, 0.25) is 0 Å². The van der Waals surface area contributed by atoms with Gasteiger partial charge in [0.05, 0.1) is 11.1 Å². The van der Waals surface area contributed by atoms with E-state index in [-0.39, 0.29) is 4.90 Å². The number of hydrogen-bond acceptors (Lipinski definition) is 4. The van der Waals surface area contributed by atoms with Crippen LogP contribution in [0.4, 0.5) is 0 Å². The van der Waals surface area contributed by atoms with Gasteiger partial charge in [-0.15, -0.1) is 0 Å². The van der Waals surface area contributed by atoms with Crippen molar-refractivity contribution in [1.29, 1.82) is 0 Å². The van der Waals surface area contributed by atoms with Crippen molar-refractivity contribution in [3.8, 4) is 11.3 Å². The van der Waals surface area contributed by atoms with Crippen LogP contribution in [0.3, 0.4) is 0 Å². The Morgan fingerprint density at radius 3 is 2.38 bits per heavy atom. The number of aryl methyl sites for hydroxylation is 1. The maximum atomic E-state index is 12.3. The zero-order valence-electron chi connectivity index (χ0n) is 13.3. The topological polar surface area (TPSA) is 72.2 Å². The molecule has 0 aliphatic rings. The second-order valence-electron chi connectivity index (χ2n) is 5.40. The standard InChI is InChI=1S/C18H18N2O3S/c1-14-19-13-18(23-14)16-7-9-17(10-8-16)24(21,22)20-12-11-15-5-3-2-4-6-15/h2-10,13,20H,11-12H2,1H3. The molecule has 0 bridgehead atoms. The number of aromatic nitrogens is 1. The van der Waals surface area contributed by atoms with E-state index < -0.39 is 10.0 Å². The quantitative estimate of drug-likeness (QED) is 0.747.